The second-order valence-corrected chi connectivity index (χ2v) is 9.11. The first-order valence-electron chi connectivity index (χ1n) is 9.67. The Morgan fingerprint density at radius 3 is 2.60 bits per heavy atom. The number of nitrogens with zero attached hydrogens (tertiary/aromatic N) is 3. The second kappa shape index (κ2) is 8.55. The average Bonchev–Trinajstić information content (AvgIpc) is 3.34. The van der Waals surface area contributed by atoms with Gasteiger partial charge in [-0.2, -0.15) is 4.98 Å². The number of aromatic nitrogens is 2. The van der Waals surface area contributed by atoms with Crippen LogP contribution in [0.25, 0.3) is 0 Å². The molecule has 1 fully saturated rings. The van der Waals surface area contributed by atoms with Crippen molar-refractivity contribution in [2.24, 2.45) is 0 Å². The van der Waals surface area contributed by atoms with Crippen molar-refractivity contribution in [3.05, 3.63) is 71.9 Å². The highest BCUT2D eigenvalue weighted by molar-refractivity contribution is 7.89. The summed E-state index contributed by atoms with van der Waals surface area (Å²) in [5.74, 6) is 1.73. The lowest BCUT2D eigenvalue weighted by Gasteiger charge is -2.14. The summed E-state index contributed by atoms with van der Waals surface area (Å²) in [4.78, 5) is 6.77. The smallest absolute Gasteiger partial charge is 0.244 e. The Bertz CT molecular complexity index is 1080. The summed E-state index contributed by atoms with van der Waals surface area (Å²) in [5.41, 5.74) is 1.11. The molecule has 2 aromatic carbocycles. The van der Waals surface area contributed by atoms with E-state index in [2.05, 4.69) is 14.9 Å². The zero-order valence-electron chi connectivity index (χ0n) is 16.9. The molecule has 0 saturated carbocycles. The monoisotopic (exact) mass is 428 g/mol. The Labute approximate surface area is 175 Å². The van der Waals surface area contributed by atoms with Crippen molar-refractivity contribution in [2.45, 2.75) is 29.8 Å². The summed E-state index contributed by atoms with van der Waals surface area (Å²) in [6, 6.07) is 15.9. The Morgan fingerprint density at radius 1 is 1.17 bits per heavy atom. The van der Waals surface area contributed by atoms with Crippen LogP contribution in [0.1, 0.15) is 29.7 Å². The van der Waals surface area contributed by atoms with E-state index in [0.717, 1.165) is 5.56 Å². The molecule has 1 aliphatic rings. The molecule has 1 saturated heterocycles. The van der Waals surface area contributed by atoms with Crippen molar-refractivity contribution in [1.29, 1.82) is 0 Å². The Hall–Kier alpha value is -2.75. The van der Waals surface area contributed by atoms with Gasteiger partial charge in [0.25, 0.3) is 0 Å². The van der Waals surface area contributed by atoms with Crippen molar-refractivity contribution in [3.63, 3.8) is 0 Å². The molecule has 9 heteroatoms. The average molecular weight is 429 g/mol. The van der Waals surface area contributed by atoms with E-state index in [1.807, 2.05) is 42.3 Å². The van der Waals surface area contributed by atoms with Gasteiger partial charge in [-0.3, -0.25) is 4.90 Å². The maximum absolute atomic E-state index is 12.7. The van der Waals surface area contributed by atoms with Crippen molar-refractivity contribution in [3.8, 4) is 5.75 Å². The lowest BCUT2D eigenvalue weighted by atomic mass is 10.1. The van der Waals surface area contributed by atoms with Crippen molar-refractivity contribution < 1.29 is 17.7 Å². The zero-order valence-corrected chi connectivity index (χ0v) is 17.7. The number of hydrogen-bond donors (Lipinski definition) is 1. The molecule has 0 spiro atoms. The van der Waals surface area contributed by atoms with E-state index in [-0.39, 0.29) is 17.0 Å². The molecule has 0 aliphatic carbocycles. The van der Waals surface area contributed by atoms with E-state index in [1.54, 1.807) is 19.2 Å². The van der Waals surface area contributed by atoms with Gasteiger partial charge in [0.1, 0.15) is 5.75 Å². The lowest BCUT2D eigenvalue weighted by molar-refractivity contribution is 0.244. The van der Waals surface area contributed by atoms with Gasteiger partial charge in [0.05, 0.1) is 18.0 Å². The number of hydrogen-bond acceptors (Lipinski definition) is 7. The van der Waals surface area contributed by atoms with Crippen LogP contribution in [0, 0.1) is 0 Å². The van der Waals surface area contributed by atoms with Crippen molar-refractivity contribution in [2.75, 3.05) is 20.7 Å². The van der Waals surface area contributed by atoms with Crippen LogP contribution >= 0.6 is 0 Å². The third kappa shape index (κ3) is 4.53. The fourth-order valence-electron chi connectivity index (χ4n) is 3.67. The largest absolute Gasteiger partial charge is 0.497 e. The number of likely N-dealkylation sites (N-methyl/N-ethyl adjacent to an activating group) is 1. The number of sulfonamides is 1. The summed E-state index contributed by atoms with van der Waals surface area (Å²) < 4.78 is 38.8. The van der Waals surface area contributed by atoms with Gasteiger partial charge in [-0.05, 0) is 43.3 Å². The molecule has 0 bridgehead atoms. The Balaban J connectivity index is 1.42. The van der Waals surface area contributed by atoms with Gasteiger partial charge in [0, 0.05) is 19.0 Å². The topological polar surface area (TPSA) is 97.6 Å². The van der Waals surface area contributed by atoms with E-state index in [9.17, 15) is 8.42 Å². The molecule has 30 heavy (non-hydrogen) atoms. The minimum absolute atomic E-state index is 0.134. The van der Waals surface area contributed by atoms with Crippen molar-refractivity contribution in [1.82, 2.24) is 19.8 Å². The molecule has 1 aromatic heterocycles. The molecule has 2 atom stereocenters. The number of rotatable bonds is 7. The normalized spacial score (nSPS) is 19.8. The van der Waals surface area contributed by atoms with Crippen LogP contribution in [0.4, 0.5) is 0 Å². The van der Waals surface area contributed by atoms with E-state index in [0.29, 0.717) is 36.9 Å². The van der Waals surface area contributed by atoms with Gasteiger partial charge >= 0.3 is 0 Å². The predicted octanol–water partition coefficient (Wildman–Crippen LogP) is 2.39. The summed E-state index contributed by atoms with van der Waals surface area (Å²) in [5, 5.41) is 4.09. The SMILES string of the molecule is COc1ccc(S(=O)(=O)N[C@H]2C[C@@H](c3nc(Cc4ccccc4)no3)N(C)C2)cc1. The minimum atomic E-state index is -3.63. The Kier molecular flexibility index (Phi) is 5.85. The van der Waals surface area contributed by atoms with Gasteiger partial charge in [0.2, 0.25) is 15.9 Å². The van der Waals surface area contributed by atoms with Gasteiger partial charge in [-0.1, -0.05) is 35.5 Å². The van der Waals surface area contributed by atoms with Crippen LogP contribution in [0.3, 0.4) is 0 Å². The lowest BCUT2D eigenvalue weighted by Crippen LogP contribution is -2.36. The van der Waals surface area contributed by atoms with E-state index in [4.69, 9.17) is 9.26 Å². The van der Waals surface area contributed by atoms with Crippen LogP contribution in [-0.4, -0.2) is 50.2 Å². The van der Waals surface area contributed by atoms with Crippen LogP contribution in [0.5, 0.6) is 5.75 Å². The molecule has 8 nitrogen and oxygen atoms in total. The summed E-state index contributed by atoms with van der Waals surface area (Å²) in [6.45, 7) is 0.552. The Morgan fingerprint density at radius 2 is 1.90 bits per heavy atom. The number of ether oxygens (including phenoxy) is 1. The third-order valence-electron chi connectivity index (χ3n) is 5.21. The number of likely N-dealkylation sites (tertiary alicyclic amines) is 1. The quantitative estimate of drug-likeness (QED) is 0.617. The van der Waals surface area contributed by atoms with Crippen LogP contribution < -0.4 is 9.46 Å². The van der Waals surface area contributed by atoms with E-state index in [1.165, 1.54) is 12.1 Å². The molecule has 0 unspecified atom stereocenters. The fourth-order valence-corrected chi connectivity index (χ4v) is 4.91. The molecule has 0 amide bonds. The zero-order chi connectivity index (χ0) is 21.1. The summed E-state index contributed by atoms with van der Waals surface area (Å²) in [6.07, 6.45) is 1.15. The molecular weight excluding hydrogens is 404 g/mol. The maximum Gasteiger partial charge on any atom is 0.244 e. The van der Waals surface area contributed by atoms with Crippen LogP contribution in [0.2, 0.25) is 0 Å². The van der Waals surface area contributed by atoms with Crippen LogP contribution in [0.15, 0.2) is 64.0 Å². The minimum Gasteiger partial charge on any atom is -0.497 e. The first kappa shape index (κ1) is 20.5. The second-order valence-electron chi connectivity index (χ2n) is 7.40. The molecule has 1 N–H and O–H groups in total. The highest BCUT2D eigenvalue weighted by Gasteiger charge is 2.36. The first-order valence-corrected chi connectivity index (χ1v) is 11.2. The number of methoxy groups -OCH3 is 1. The van der Waals surface area contributed by atoms with Gasteiger partial charge in [-0.15, -0.1) is 0 Å². The molecule has 1 aliphatic heterocycles. The molecule has 158 valence electrons. The molecule has 2 heterocycles. The van der Waals surface area contributed by atoms with Gasteiger partial charge in [0.15, 0.2) is 5.82 Å². The fraction of sp³-hybridized carbons (Fsp3) is 0.333. The summed E-state index contributed by atoms with van der Waals surface area (Å²) in [7, 11) is -0.167. The van der Waals surface area contributed by atoms with E-state index < -0.39 is 10.0 Å². The molecular formula is C21H24N4O4S. The van der Waals surface area contributed by atoms with Gasteiger partial charge < -0.3 is 9.26 Å². The van der Waals surface area contributed by atoms with Gasteiger partial charge in [-0.25, -0.2) is 13.1 Å². The maximum atomic E-state index is 12.7. The predicted molar refractivity (Wildman–Crippen MR) is 111 cm³/mol. The number of nitrogens with one attached hydrogen (secondary N) is 1. The third-order valence-corrected chi connectivity index (χ3v) is 6.75. The summed E-state index contributed by atoms with van der Waals surface area (Å²) >= 11 is 0. The standard InChI is InChI=1S/C21H24N4O4S/c1-25-14-16(24-30(26,27)18-10-8-17(28-2)9-11-18)13-19(25)21-22-20(23-29-21)12-15-6-4-3-5-7-15/h3-11,16,19,24H,12-14H2,1-2H3/t16-,19-/m0/s1. The van der Waals surface area contributed by atoms with E-state index >= 15 is 0 Å². The number of benzene rings is 2. The van der Waals surface area contributed by atoms with Crippen molar-refractivity contribution >= 4 is 10.0 Å². The molecule has 0 radical (unpaired) electrons. The molecule has 3 aromatic rings. The first-order chi connectivity index (χ1) is 14.4. The highest BCUT2D eigenvalue weighted by atomic mass is 32.2. The highest BCUT2D eigenvalue weighted by Crippen LogP contribution is 2.30. The molecule has 4 rings (SSSR count). The van der Waals surface area contributed by atoms with Crippen LogP contribution in [-0.2, 0) is 16.4 Å².